The van der Waals surface area contributed by atoms with Crippen molar-refractivity contribution in [1.82, 2.24) is 5.01 Å². The van der Waals surface area contributed by atoms with Crippen molar-refractivity contribution >= 4 is 17.6 Å². The van der Waals surface area contributed by atoms with E-state index in [0.29, 0.717) is 12.8 Å². The molecule has 1 heterocycles. The van der Waals surface area contributed by atoms with Gasteiger partial charge in [0, 0.05) is 19.3 Å². The van der Waals surface area contributed by atoms with Crippen molar-refractivity contribution in [2.45, 2.75) is 31.7 Å². The van der Waals surface area contributed by atoms with E-state index in [-0.39, 0.29) is 24.8 Å². The normalized spacial score (nSPS) is 16.1. The minimum Gasteiger partial charge on any atom is -0.497 e. The minimum atomic E-state index is -0.899. The first kappa shape index (κ1) is 18.6. The molecule has 1 atom stereocenters. The van der Waals surface area contributed by atoms with Gasteiger partial charge in [0.2, 0.25) is 5.91 Å². The number of carbonyl (C=O) groups is 2. The number of nitrogens with zero attached hydrogens (tertiary/aromatic N) is 2. The van der Waals surface area contributed by atoms with Crippen LogP contribution >= 0.6 is 0 Å². The molecule has 0 unspecified atom stereocenters. The molecule has 0 aromatic heterocycles. The Labute approximate surface area is 158 Å². The van der Waals surface area contributed by atoms with E-state index in [4.69, 9.17) is 9.84 Å². The summed E-state index contributed by atoms with van der Waals surface area (Å²) in [4.78, 5) is 23.4. The number of amides is 1. The van der Waals surface area contributed by atoms with Crippen molar-refractivity contribution in [2.24, 2.45) is 5.10 Å². The number of benzene rings is 2. The van der Waals surface area contributed by atoms with Crippen molar-refractivity contribution in [3.05, 3.63) is 65.7 Å². The van der Waals surface area contributed by atoms with Crippen LogP contribution < -0.4 is 4.74 Å². The van der Waals surface area contributed by atoms with Crippen molar-refractivity contribution in [1.29, 1.82) is 0 Å². The van der Waals surface area contributed by atoms with Crippen LogP contribution in [0.2, 0.25) is 0 Å². The predicted octanol–water partition coefficient (Wildman–Crippen LogP) is 3.63. The summed E-state index contributed by atoms with van der Waals surface area (Å²) >= 11 is 0. The molecule has 27 heavy (non-hydrogen) atoms. The Balaban J connectivity index is 1.83. The van der Waals surface area contributed by atoms with Crippen LogP contribution in [0, 0.1) is 0 Å². The highest BCUT2D eigenvalue weighted by atomic mass is 16.5. The van der Waals surface area contributed by atoms with E-state index in [1.807, 2.05) is 54.6 Å². The Kier molecular flexibility index (Phi) is 5.86. The van der Waals surface area contributed by atoms with E-state index in [0.717, 1.165) is 22.6 Å². The molecule has 6 heteroatoms. The summed E-state index contributed by atoms with van der Waals surface area (Å²) in [7, 11) is 1.61. The van der Waals surface area contributed by atoms with Gasteiger partial charge in [-0.2, -0.15) is 5.10 Å². The first-order chi connectivity index (χ1) is 13.1. The second kappa shape index (κ2) is 8.49. The lowest BCUT2D eigenvalue weighted by Crippen LogP contribution is -2.27. The predicted molar refractivity (Wildman–Crippen MR) is 102 cm³/mol. The van der Waals surface area contributed by atoms with Gasteiger partial charge >= 0.3 is 5.97 Å². The summed E-state index contributed by atoms with van der Waals surface area (Å²) in [6.07, 6.45) is 1.05. The number of hydrogen-bond donors (Lipinski definition) is 1. The number of rotatable bonds is 7. The molecule has 1 N–H and O–H groups in total. The lowest BCUT2D eigenvalue weighted by atomic mass is 9.98. The van der Waals surface area contributed by atoms with Gasteiger partial charge in [-0.1, -0.05) is 42.5 Å². The zero-order chi connectivity index (χ0) is 19.2. The van der Waals surface area contributed by atoms with Gasteiger partial charge in [-0.15, -0.1) is 0 Å². The molecule has 2 aromatic rings. The second-order valence-corrected chi connectivity index (χ2v) is 6.39. The summed E-state index contributed by atoms with van der Waals surface area (Å²) < 4.78 is 5.21. The van der Waals surface area contributed by atoms with Crippen molar-refractivity contribution in [3.63, 3.8) is 0 Å². The summed E-state index contributed by atoms with van der Waals surface area (Å²) in [5.41, 5.74) is 2.80. The lowest BCUT2D eigenvalue weighted by molar-refractivity contribution is -0.137. The van der Waals surface area contributed by atoms with E-state index in [1.165, 1.54) is 5.01 Å². The number of hydrazone groups is 1. The number of aliphatic carboxylic acids is 1. The lowest BCUT2D eigenvalue weighted by Gasteiger charge is -2.22. The summed E-state index contributed by atoms with van der Waals surface area (Å²) in [5.74, 6) is -0.312. The average Bonchev–Trinajstić information content (AvgIpc) is 3.14. The van der Waals surface area contributed by atoms with E-state index in [9.17, 15) is 9.59 Å². The molecular weight excluding hydrogens is 344 g/mol. The van der Waals surface area contributed by atoms with Crippen LogP contribution in [0.25, 0.3) is 0 Å². The zero-order valence-corrected chi connectivity index (χ0v) is 15.2. The molecular formula is C21H22N2O4. The van der Waals surface area contributed by atoms with E-state index in [2.05, 4.69) is 5.10 Å². The molecule has 0 bridgehead atoms. The standard InChI is InChI=1S/C21H22N2O4/c1-27-17-12-10-16(11-13-17)19-14-18(15-6-3-2-4-7-15)22-23(19)20(24)8-5-9-21(25)26/h2-4,6-7,10-13,19H,5,8-9,14H2,1H3,(H,25,26)/t19-/m0/s1. The van der Waals surface area contributed by atoms with Crippen LogP contribution in [0.3, 0.4) is 0 Å². The van der Waals surface area contributed by atoms with Gasteiger partial charge in [-0.25, -0.2) is 5.01 Å². The van der Waals surface area contributed by atoms with Gasteiger partial charge in [-0.05, 0) is 29.7 Å². The Morgan fingerprint density at radius 2 is 1.81 bits per heavy atom. The molecule has 1 amide bonds. The highest BCUT2D eigenvalue weighted by Gasteiger charge is 2.32. The topological polar surface area (TPSA) is 79.2 Å². The van der Waals surface area contributed by atoms with Crippen molar-refractivity contribution in [2.75, 3.05) is 7.11 Å². The largest absolute Gasteiger partial charge is 0.497 e. The Bertz CT molecular complexity index is 831. The van der Waals surface area contributed by atoms with Crippen molar-refractivity contribution < 1.29 is 19.4 Å². The monoisotopic (exact) mass is 366 g/mol. The average molecular weight is 366 g/mol. The fourth-order valence-electron chi connectivity index (χ4n) is 3.14. The second-order valence-electron chi connectivity index (χ2n) is 6.39. The molecule has 6 nitrogen and oxygen atoms in total. The first-order valence-corrected chi connectivity index (χ1v) is 8.89. The fourth-order valence-corrected chi connectivity index (χ4v) is 3.14. The third-order valence-electron chi connectivity index (χ3n) is 4.55. The van der Waals surface area contributed by atoms with Gasteiger partial charge in [0.15, 0.2) is 0 Å². The maximum Gasteiger partial charge on any atom is 0.303 e. The van der Waals surface area contributed by atoms with Gasteiger partial charge in [0.05, 0.1) is 18.9 Å². The van der Waals surface area contributed by atoms with Crippen LogP contribution in [0.5, 0.6) is 5.75 Å². The molecule has 0 saturated carbocycles. The molecule has 140 valence electrons. The molecule has 0 saturated heterocycles. The molecule has 3 rings (SSSR count). The van der Waals surface area contributed by atoms with Gasteiger partial charge in [0.1, 0.15) is 5.75 Å². The number of carbonyl (C=O) groups excluding carboxylic acids is 1. The highest BCUT2D eigenvalue weighted by Crippen LogP contribution is 2.34. The van der Waals surface area contributed by atoms with E-state index < -0.39 is 5.97 Å². The highest BCUT2D eigenvalue weighted by molar-refractivity contribution is 6.03. The van der Waals surface area contributed by atoms with Gasteiger partial charge in [-0.3, -0.25) is 9.59 Å². The van der Waals surface area contributed by atoms with Crippen LogP contribution in [-0.4, -0.2) is 34.8 Å². The molecule has 1 aliphatic rings. The zero-order valence-electron chi connectivity index (χ0n) is 15.2. The molecule has 2 aromatic carbocycles. The third-order valence-corrected chi connectivity index (χ3v) is 4.55. The number of methoxy groups -OCH3 is 1. The molecule has 1 aliphatic heterocycles. The summed E-state index contributed by atoms with van der Waals surface area (Å²) in [6, 6.07) is 17.2. The van der Waals surface area contributed by atoms with E-state index >= 15 is 0 Å². The van der Waals surface area contributed by atoms with Crippen LogP contribution in [-0.2, 0) is 9.59 Å². The number of carboxylic acids is 1. The third kappa shape index (κ3) is 4.53. The van der Waals surface area contributed by atoms with Gasteiger partial charge in [0.25, 0.3) is 0 Å². The summed E-state index contributed by atoms with van der Waals surface area (Å²) in [5, 5.41) is 14.9. The first-order valence-electron chi connectivity index (χ1n) is 8.89. The molecule has 0 fully saturated rings. The van der Waals surface area contributed by atoms with E-state index in [1.54, 1.807) is 7.11 Å². The van der Waals surface area contributed by atoms with Crippen molar-refractivity contribution in [3.8, 4) is 5.75 Å². The Morgan fingerprint density at radius 3 is 2.44 bits per heavy atom. The van der Waals surface area contributed by atoms with Gasteiger partial charge < -0.3 is 9.84 Å². The summed E-state index contributed by atoms with van der Waals surface area (Å²) in [6.45, 7) is 0. The minimum absolute atomic E-state index is 0.0258. The van der Waals surface area contributed by atoms with Crippen LogP contribution in [0.4, 0.5) is 0 Å². The SMILES string of the molecule is COc1ccc([C@@H]2CC(c3ccccc3)=NN2C(=O)CCCC(=O)O)cc1. The van der Waals surface area contributed by atoms with Crippen LogP contribution in [0.15, 0.2) is 59.7 Å². The quantitative estimate of drug-likeness (QED) is 0.811. The Morgan fingerprint density at radius 1 is 1.11 bits per heavy atom. The smallest absolute Gasteiger partial charge is 0.303 e. The van der Waals surface area contributed by atoms with Crippen LogP contribution in [0.1, 0.15) is 42.9 Å². The fraction of sp³-hybridized carbons (Fsp3) is 0.286. The number of ether oxygens (including phenoxy) is 1. The Hall–Kier alpha value is -3.15. The molecule has 0 radical (unpaired) electrons. The maximum atomic E-state index is 12.7. The maximum absolute atomic E-state index is 12.7. The molecule has 0 aliphatic carbocycles. The molecule has 0 spiro atoms. The number of carboxylic acid groups (broad SMARTS) is 1. The number of hydrogen-bond acceptors (Lipinski definition) is 4.